The lowest BCUT2D eigenvalue weighted by molar-refractivity contribution is -0.363. The molecule has 21 heteroatoms. The van der Waals surface area contributed by atoms with E-state index < -0.39 is 149 Å². The summed E-state index contributed by atoms with van der Waals surface area (Å²) in [7, 11) is 0. The van der Waals surface area contributed by atoms with Crippen molar-refractivity contribution in [1.82, 2.24) is 0 Å². The van der Waals surface area contributed by atoms with E-state index >= 15 is 0 Å². The van der Waals surface area contributed by atoms with Crippen LogP contribution >= 0.6 is 0 Å². The van der Waals surface area contributed by atoms with Gasteiger partial charge in [0.25, 0.3) is 0 Å². The highest BCUT2D eigenvalue weighted by atomic mass is 16.7. The minimum atomic E-state index is -1.69. The topological polar surface area (TPSA) is 337 Å². The van der Waals surface area contributed by atoms with Gasteiger partial charge in [-0.25, -0.2) is 0 Å². The monoisotopic (exact) mass is 866 g/mol. The van der Waals surface area contributed by atoms with Crippen LogP contribution in [0.1, 0.15) is 68.7 Å². The molecule has 20 atom stereocenters. The van der Waals surface area contributed by atoms with Gasteiger partial charge in [0.1, 0.15) is 79.4 Å². The Bertz CT molecular complexity index is 1170. The first-order valence-corrected chi connectivity index (χ1v) is 19.7. The summed E-state index contributed by atoms with van der Waals surface area (Å²) in [5.41, 5.74) is -0.0129. The Morgan fingerprint density at radius 3 is 1.22 bits per heavy atom. The Morgan fingerprint density at radius 1 is 0.424 bits per heavy atom. The minimum Gasteiger partial charge on any atom is -0.394 e. The van der Waals surface area contributed by atoms with E-state index in [9.17, 15) is 61.3 Å². The van der Waals surface area contributed by atoms with Crippen LogP contribution in [0, 0.1) is 16.7 Å². The maximum atomic E-state index is 11.1. The van der Waals surface area contributed by atoms with E-state index in [2.05, 4.69) is 20.8 Å². The summed E-state index contributed by atoms with van der Waals surface area (Å²) < 4.78 is 44.3. The molecule has 0 radical (unpaired) electrons. The molecular weight excluding hydrogens is 792 g/mol. The number of rotatable bonds is 14. The Hall–Kier alpha value is -0.840. The zero-order valence-electron chi connectivity index (χ0n) is 34.3. The number of aliphatic hydroxyl groups is 13. The van der Waals surface area contributed by atoms with E-state index in [1.807, 2.05) is 20.8 Å². The molecule has 0 aromatic heterocycles. The quantitative estimate of drug-likeness (QED) is 0.0792. The molecule has 59 heavy (non-hydrogen) atoms. The van der Waals surface area contributed by atoms with Crippen molar-refractivity contribution in [3.05, 3.63) is 0 Å². The molecule has 13 N–H and O–H groups in total. The molecule has 0 bridgehead atoms. The van der Waals surface area contributed by atoms with Crippen molar-refractivity contribution >= 4 is 0 Å². The molecule has 4 saturated heterocycles. The van der Waals surface area contributed by atoms with Crippen LogP contribution in [0.5, 0.6) is 0 Å². The van der Waals surface area contributed by atoms with Crippen molar-refractivity contribution in [2.75, 3.05) is 39.6 Å². The second-order valence-corrected chi connectivity index (χ2v) is 17.8. The third-order valence-electron chi connectivity index (χ3n) is 10.6. The van der Waals surface area contributed by atoms with Crippen molar-refractivity contribution in [3.63, 3.8) is 0 Å². The largest absolute Gasteiger partial charge is 0.394 e. The van der Waals surface area contributed by atoms with E-state index in [1.165, 1.54) is 0 Å². The van der Waals surface area contributed by atoms with Gasteiger partial charge in [-0.1, -0.05) is 55.9 Å². The zero-order valence-corrected chi connectivity index (χ0v) is 34.3. The predicted octanol–water partition coefficient (Wildman–Crippen LogP) is -3.96. The van der Waals surface area contributed by atoms with Gasteiger partial charge in [0.15, 0.2) is 25.2 Å². The Balaban J connectivity index is 0.000000530. The first-order chi connectivity index (χ1) is 27.0. The molecule has 0 saturated carbocycles. The molecule has 4 aliphatic heterocycles. The van der Waals surface area contributed by atoms with Crippen LogP contribution in [-0.2, 0) is 37.9 Å². The zero-order chi connectivity index (χ0) is 43.9. The molecule has 352 valence electrons. The Morgan fingerprint density at radius 2 is 0.797 bits per heavy atom. The van der Waals surface area contributed by atoms with Gasteiger partial charge in [0.05, 0.1) is 51.8 Å². The van der Waals surface area contributed by atoms with Gasteiger partial charge in [0.2, 0.25) is 0 Å². The third-order valence-corrected chi connectivity index (χ3v) is 10.6. The molecule has 4 rings (SSSR count). The molecule has 0 aromatic carbocycles. The number of ether oxygens (including phenoxy) is 8. The lowest BCUT2D eigenvalue weighted by Gasteiger charge is -2.47. The van der Waals surface area contributed by atoms with Crippen molar-refractivity contribution < 1.29 is 104 Å². The second-order valence-electron chi connectivity index (χ2n) is 17.8. The second kappa shape index (κ2) is 23.7. The molecule has 0 unspecified atom stereocenters. The van der Waals surface area contributed by atoms with Gasteiger partial charge in [-0.15, -0.1) is 0 Å². The molecule has 0 amide bonds. The fraction of sp³-hybridized carbons (Fsp3) is 1.00. The van der Waals surface area contributed by atoms with Crippen LogP contribution in [0.3, 0.4) is 0 Å². The average molecular weight is 867 g/mol. The summed E-state index contributed by atoms with van der Waals surface area (Å²) in [6.45, 7) is 12.2. The molecule has 0 aliphatic carbocycles. The summed E-state index contributed by atoms with van der Waals surface area (Å²) in [5.74, 6) is -0.627. The van der Waals surface area contributed by atoms with Gasteiger partial charge in [-0.2, -0.15) is 0 Å². The summed E-state index contributed by atoms with van der Waals surface area (Å²) >= 11 is 0. The van der Waals surface area contributed by atoms with Crippen molar-refractivity contribution in [3.8, 4) is 0 Å². The van der Waals surface area contributed by atoms with Crippen LogP contribution in [0.4, 0.5) is 0 Å². The molecule has 21 nitrogen and oxygen atoms in total. The third kappa shape index (κ3) is 14.9. The minimum absolute atomic E-state index is 0. The summed E-state index contributed by atoms with van der Waals surface area (Å²) in [5, 5.41) is 130. The van der Waals surface area contributed by atoms with Gasteiger partial charge in [0, 0.05) is 5.92 Å². The van der Waals surface area contributed by atoms with Crippen LogP contribution < -0.4 is 0 Å². The van der Waals surface area contributed by atoms with Crippen LogP contribution in [0.15, 0.2) is 0 Å². The molecule has 0 spiro atoms. The predicted molar refractivity (Wildman–Crippen MR) is 203 cm³/mol. The van der Waals surface area contributed by atoms with E-state index in [1.54, 1.807) is 6.92 Å². The smallest absolute Gasteiger partial charge is 0.187 e. The highest BCUT2D eigenvalue weighted by Gasteiger charge is 2.52. The summed E-state index contributed by atoms with van der Waals surface area (Å²) in [4.78, 5) is 0. The number of hydrogen-bond donors (Lipinski definition) is 13. The molecule has 4 aliphatic rings. The highest BCUT2D eigenvalue weighted by molar-refractivity contribution is 4.95. The average Bonchev–Trinajstić information content (AvgIpc) is 3.15. The summed E-state index contributed by atoms with van der Waals surface area (Å²) in [6, 6.07) is 0. The first kappa shape index (κ1) is 54.3. The number of aliphatic hydroxyl groups excluding tert-OH is 13. The summed E-state index contributed by atoms with van der Waals surface area (Å²) in [6.07, 6.45) is -24.9. The van der Waals surface area contributed by atoms with Crippen molar-refractivity contribution in [1.29, 1.82) is 0 Å². The Kier molecular flexibility index (Phi) is 21.8. The van der Waals surface area contributed by atoms with Crippen LogP contribution in [-0.4, -0.2) is 223 Å². The lowest BCUT2D eigenvalue weighted by Crippen LogP contribution is -2.64. The van der Waals surface area contributed by atoms with E-state index in [4.69, 9.17) is 43.0 Å². The molecule has 4 heterocycles. The lowest BCUT2D eigenvalue weighted by atomic mass is 9.91. The normalized spacial score (nSPS) is 43.3. The van der Waals surface area contributed by atoms with Gasteiger partial charge in [-0.05, 0) is 23.7 Å². The number of hydrogen-bond acceptors (Lipinski definition) is 21. The van der Waals surface area contributed by atoms with Gasteiger partial charge < -0.3 is 104 Å². The molecule has 0 aromatic rings. The maximum absolute atomic E-state index is 11.1. The molecular formula is C38H74O21. The SMILES string of the molecule is C.CC(C)(C)CCO[C@H]1O[C@H](CO)[C@@H](O)[C@H](O)[C@@H]1O.C[C@H]1[C@H](O)[C@H](O)[C@@H](O[C@@H]2[C@H](O)[C@@H](OCCC(C)(C)C)O[C@H](CO[C@H]3O[C@H](CO)[C@@H](O)[C@H](O)[C@@H]3O)[C@H]2O)O[C@@H]1CO. The highest BCUT2D eigenvalue weighted by Crippen LogP contribution is 2.33. The van der Waals surface area contributed by atoms with Crippen molar-refractivity contribution in [2.45, 2.75) is 185 Å². The first-order valence-electron chi connectivity index (χ1n) is 19.7. The van der Waals surface area contributed by atoms with Gasteiger partial charge >= 0.3 is 0 Å². The van der Waals surface area contributed by atoms with E-state index in [-0.39, 0.29) is 24.9 Å². The molecule has 4 fully saturated rings. The van der Waals surface area contributed by atoms with E-state index in [0.717, 1.165) is 6.42 Å². The van der Waals surface area contributed by atoms with Gasteiger partial charge in [-0.3, -0.25) is 0 Å². The van der Waals surface area contributed by atoms with E-state index in [0.29, 0.717) is 13.0 Å². The fourth-order valence-corrected chi connectivity index (χ4v) is 6.45. The van der Waals surface area contributed by atoms with Crippen molar-refractivity contribution in [2.24, 2.45) is 16.7 Å². The Labute approximate surface area is 345 Å². The van der Waals surface area contributed by atoms with Crippen LogP contribution in [0.25, 0.3) is 0 Å². The fourth-order valence-electron chi connectivity index (χ4n) is 6.45. The maximum Gasteiger partial charge on any atom is 0.187 e. The standard InChI is InChI=1S/C25H46O15.C12H24O6.CH4/c1-10-11(7-26)37-24(18(32)14(10)28)40-21-16(30)13(39-23(20(21)34)35-6-5-25(2,3)4)9-36-22-19(33)17(31)15(29)12(8-27)38-22;1-12(2,3)4-5-17-11-10(16)9(15)8(14)7(6-13)18-11;/h10-24,26-34H,5-9H2,1-4H3;7-11,13-16H,4-6H2,1-3H3;1H4/t10-,11-,12-,13-,14+,15-,16-,17+,18+,19+,20+,21+,22+,23+,24-;7-,8-,9+,10+,11+;/m11./s1. The van der Waals surface area contributed by atoms with Crippen LogP contribution in [0.2, 0.25) is 0 Å².